The maximum Gasteiger partial charge on any atom is 0.410 e. The van der Waals surface area contributed by atoms with Crippen molar-refractivity contribution in [2.45, 2.75) is 140 Å². The molecule has 2 amide bonds. The molecule has 0 radical (unpaired) electrons. The van der Waals surface area contributed by atoms with Gasteiger partial charge >= 0.3 is 12.1 Å². The Morgan fingerprint density at radius 3 is 1.90 bits per heavy atom. The zero-order valence-corrected chi connectivity index (χ0v) is 29.4. The van der Waals surface area contributed by atoms with Gasteiger partial charge in [-0.25, -0.2) is 4.79 Å². The molecule has 4 aliphatic rings. The molecule has 0 bridgehead atoms. The number of carbonyl (C=O) groups excluding carboxylic acids is 3. The Kier molecular flexibility index (Phi) is 12.0. The van der Waals surface area contributed by atoms with E-state index in [1.54, 1.807) is 48.5 Å². The van der Waals surface area contributed by atoms with Crippen LogP contribution in [0.3, 0.4) is 0 Å². The van der Waals surface area contributed by atoms with Crippen molar-refractivity contribution in [2.75, 3.05) is 27.4 Å². The lowest BCUT2D eigenvalue weighted by atomic mass is 9.97. The van der Waals surface area contributed by atoms with Crippen LogP contribution < -0.4 is 5.32 Å². The first kappa shape index (κ1) is 38.2. The first-order chi connectivity index (χ1) is 22.4. The molecule has 48 heavy (non-hydrogen) atoms. The Morgan fingerprint density at radius 2 is 1.40 bits per heavy atom. The number of fused-ring (bicyclic) bond motifs is 2. The van der Waals surface area contributed by atoms with Crippen molar-refractivity contribution in [3.63, 3.8) is 0 Å². The van der Waals surface area contributed by atoms with E-state index in [4.69, 9.17) is 47.4 Å². The fourth-order valence-corrected chi connectivity index (χ4v) is 6.48. The molecule has 4 saturated heterocycles. The van der Waals surface area contributed by atoms with Crippen LogP contribution >= 0.6 is 0 Å². The Bertz CT molecular complexity index is 1190. The fourth-order valence-electron chi connectivity index (χ4n) is 6.48. The van der Waals surface area contributed by atoms with Gasteiger partial charge in [-0.3, -0.25) is 14.5 Å². The minimum absolute atomic E-state index is 0.0143. The molecule has 15 nitrogen and oxygen atoms in total. The molecule has 15 heteroatoms. The van der Waals surface area contributed by atoms with E-state index < -0.39 is 96.4 Å². The SMILES string of the molecule is C=CCOC(=O)C[C@H](NC(=O)C[C@@H]([C@@H]1O[C@@H]2OC(C)(C)O[C@@H]2[C@H]1OC)N(CC=C)C(=O)OC(C)(C)C)[C@@H]1O[C@@H]2OC(C)(C)O[C@@H]2[C@H]1OC. The van der Waals surface area contributed by atoms with Crippen molar-refractivity contribution in [2.24, 2.45) is 0 Å². The molecule has 4 fully saturated rings. The van der Waals surface area contributed by atoms with Gasteiger partial charge in [0.25, 0.3) is 0 Å². The van der Waals surface area contributed by atoms with E-state index >= 15 is 0 Å². The summed E-state index contributed by atoms with van der Waals surface area (Å²) in [7, 11) is 2.98. The first-order valence-electron chi connectivity index (χ1n) is 16.2. The zero-order valence-electron chi connectivity index (χ0n) is 29.4. The van der Waals surface area contributed by atoms with Crippen LogP contribution in [0.4, 0.5) is 4.79 Å². The summed E-state index contributed by atoms with van der Waals surface area (Å²) in [5.41, 5.74) is -0.837. The molecule has 0 unspecified atom stereocenters. The molecule has 4 aliphatic heterocycles. The van der Waals surface area contributed by atoms with Crippen molar-refractivity contribution in [3.05, 3.63) is 25.3 Å². The number of ether oxygens (including phenoxy) is 10. The number of esters is 1. The number of methoxy groups -OCH3 is 2. The van der Waals surface area contributed by atoms with Crippen LogP contribution in [0.2, 0.25) is 0 Å². The number of carbonyl (C=O) groups is 3. The summed E-state index contributed by atoms with van der Waals surface area (Å²) in [6, 6.07) is -1.89. The van der Waals surface area contributed by atoms with E-state index in [-0.39, 0.29) is 26.0 Å². The summed E-state index contributed by atoms with van der Waals surface area (Å²) >= 11 is 0. The normalized spacial score (nSPS) is 32.9. The summed E-state index contributed by atoms with van der Waals surface area (Å²) in [6.45, 7) is 19.7. The molecular weight excluding hydrogens is 632 g/mol. The highest BCUT2D eigenvalue weighted by atomic mass is 16.9. The van der Waals surface area contributed by atoms with Crippen LogP contribution in [0.15, 0.2) is 25.3 Å². The van der Waals surface area contributed by atoms with Crippen LogP contribution in [0.1, 0.15) is 61.3 Å². The molecule has 0 aliphatic carbocycles. The summed E-state index contributed by atoms with van der Waals surface area (Å²) in [5, 5.41) is 2.93. The summed E-state index contributed by atoms with van der Waals surface area (Å²) in [5.74, 6) is -2.97. The van der Waals surface area contributed by atoms with Crippen LogP contribution in [0.5, 0.6) is 0 Å². The van der Waals surface area contributed by atoms with Crippen molar-refractivity contribution < 1.29 is 61.8 Å². The summed E-state index contributed by atoms with van der Waals surface area (Å²) in [6.07, 6.45) is -4.28. The van der Waals surface area contributed by atoms with Gasteiger partial charge in [-0.15, -0.1) is 6.58 Å². The molecule has 272 valence electrons. The van der Waals surface area contributed by atoms with Gasteiger partial charge in [0, 0.05) is 27.2 Å². The van der Waals surface area contributed by atoms with Gasteiger partial charge in [0.1, 0.15) is 48.8 Å². The number of hydrogen-bond acceptors (Lipinski definition) is 13. The van der Waals surface area contributed by atoms with Gasteiger partial charge in [0.15, 0.2) is 24.2 Å². The van der Waals surface area contributed by atoms with Gasteiger partial charge in [-0.2, -0.15) is 0 Å². The summed E-state index contributed by atoms with van der Waals surface area (Å²) in [4.78, 5) is 41.9. The molecule has 10 atom stereocenters. The summed E-state index contributed by atoms with van der Waals surface area (Å²) < 4.78 is 59.1. The second-order valence-electron chi connectivity index (χ2n) is 14.1. The fraction of sp³-hybridized carbons (Fsp3) is 0.788. The largest absolute Gasteiger partial charge is 0.461 e. The number of nitrogens with zero attached hydrogens (tertiary/aromatic N) is 1. The van der Waals surface area contributed by atoms with Gasteiger partial charge in [-0.1, -0.05) is 18.7 Å². The lowest BCUT2D eigenvalue weighted by molar-refractivity contribution is -0.223. The van der Waals surface area contributed by atoms with Crippen LogP contribution in [-0.2, 0) is 57.0 Å². The van der Waals surface area contributed by atoms with E-state index in [0.717, 1.165) is 0 Å². The lowest BCUT2D eigenvalue weighted by Gasteiger charge is -2.38. The predicted octanol–water partition coefficient (Wildman–Crippen LogP) is 2.56. The van der Waals surface area contributed by atoms with Gasteiger partial charge in [0.05, 0.1) is 18.5 Å². The number of nitrogens with one attached hydrogen (secondary N) is 1. The highest BCUT2D eigenvalue weighted by molar-refractivity contribution is 5.79. The second kappa shape index (κ2) is 15.1. The van der Waals surface area contributed by atoms with E-state index in [0.29, 0.717) is 0 Å². The van der Waals surface area contributed by atoms with Crippen molar-refractivity contribution >= 4 is 18.0 Å². The lowest BCUT2D eigenvalue weighted by Crippen LogP contribution is -2.56. The van der Waals surface area contributed by atoms with Crippen molar-refractivity contribution in [1.29, 1.82) is 0 Å². The number of amides is 2. The molecule has 0 aromatic carbocycles. The smallest absolute Gasteiger partial charge is 0.410 e. The molecule has 0 aromatic rings. The van der Waals surface area contributed by atoms with Gasteiger partial charge in [0.2, 0.25) is 5.91 Å². The highest BCUT2D eigenvalue weighted by Crippen LogP contribution is 2.42. The van der Waals surface area contributed by atoms with E-state index in [1.165, 1.54) is 31.3 Å². The van der Waals surface area contributed by atoms with E-state index in [1.807, 2.05) is 0 Å². The van der Waals surface area contributed by atoms with Gasteiger partial charge < -0.3 is 52.7 Å². The average molecular weight is 685 g/mol. The zero-order chi connectivity index (χ0) is 35.6. The third-order valence-electron chi connectivity index (χ3n) is 8.22. The predicted molar refractivity (Wildman–Crippen MR) is 168 cm³/mol. The maximum absolute atomic E-state index is 14.1. The average Bonchev–Trinajstić information content (AvgIpc) is 3.65. The monoisotopic (exact) mass is 684 g/mol. The van der Waals surface area contributed by atoms with Gasteiger partial charge in [-0.05, 0) is 48.5 Å². The third kappa shape index (κ3) is 8.93. The number of hydrogen-bond donors (Lipinski definition) is 1. The molecule has 0 saturated carbocycles. The van der Waals surface area contributed by atoms with Crippen LogP contribution in [0.25, 0.3) is 0 Å². The van der Waals surface area contributed by atoms with E-state index in [2.05, 4.69) is 18.5 Å². The minimum Gasteiger partial charge on any atom is -0.461 e. The Morgan fingerprint density at radius 1 is 0.854 bits per heavy atom. The molecule has 4 rings (SSSR count). The molecule has 0 spiro atoms. The Hall–Kier alpha value is -2.63. The third-order valence-corrected chi connectivity index (χ3v) is 8.22. The highest BCUT2D eigenvalue weighted by Gasteiger charge is 2.59. The minimum atomic E-state index is -0.952. The first-order valence-corrected chi connectivity index (χ1v) is 16.2. The quantitative estimate of drug-likeness (QED) is 0.210. The second-order valence-corrected chi connectivity index (χ2v) is 14.1. The van der Waals surface area contributed by atoms with Crippen LogP contribution in [0, 0.1) is 0 Å². The van der Waals surface area contributed by atoms with E-state index in [9.17, 15) is 14.4 Å². The van der Waals surface area contributed by atoms with Crippen molar-refractivity contribution in [3.8, 4) is 0 Å². The molecule has 0 aromatic heterocycles. The topological polar surface area (TPSA) is 159 Å². The molecule has 4 heterocycles. The molecular formula is C33H52N2O13. The van der Waals surface area contributed by atoms with Crippen LogP contribution in [-0.4, -0.2) is 129 Å². The Balaban J connectivity index is 1.62. The standard InChI is InChI=1S/C33H52N2O13/c1-12-14-35(30(38)48-31(3,4)5)19(23-25(40-11)27-29(43-23)47-33(8,9)45-27)17-20(36)34-18(16-21(37)41-15-13-2)22-24(39-10)26-28(42-22)46-32(6,7)44-26/h12-13,18-19,22-29H,1-2,14-17H2,3-11H3,(H,34,36)/t18-,19-,22-,23-,24-,25-,26+,27+,28+,29+/m0/s1. The number of rotatable bonds is 14. The molecule has 1 N–H and O–H groups in total. The maximum atomic E-state index is 14.1. The Labute approximate surface area is 282 Å². The van der Waals surface area contributed by atoms with Crippen molar-refractivity contribution in [1.82, 2.24) is 10.2 Å².